The molecule has 3 amide bonds. The maximum atomic E-state index is 13.5. The Kier molecular flexibility index (Phi) is 7.14. The van der Waals surface area contributed by atoms with Crippen LogP contribution in [0.4, 0.5) is 11.4 Å². The number of anilines is 2. The van der Waals surface area contributed by atoms with Crippen molar-refractivity contribution < 1.29 is 23.9 Å². The van der Waals surface area contributed by atoms with Crippen LogP contribution in [0, 0.1) is 0 Å². The molecule has 0 spiro atoms. The lowest BCUT2D eigenvalue weighted by Gasteiger charge is -2.45. The first kappa shape index (κ1) is 24.4. The van der Waals surface area contributed by atoms with Gasteiger partial charge in [-0.3, -0.25) is 19.3 Å². The van der Waals surface area contributed by atoms with Crippen molar-refractivity contribution in [3.8, 4) is 11.5 Å². The smallest absolute Gasteiger partial charge is 0.253 e. The molecule has 2 aromatic rings. The summed E-state index contributed by atoms with van der Waals surface area (Å²) in [5.41, 5.74) is 2.75. The molecule has 2 aliphatic heterocycles. The van der Waals surface area contributed by atoms with Crippen molar-refractivity contribution in [1.82, 2.24) is 10.2 Å². The molecule has 1 fully saturated rings. The van der Waals surface area contributed by atoms with E-state index in [1.807, 2.05) is 12.1 Å². The minimum absolute atomic E-state index is 0.108. The molecule has 2 aliphatic rings. The van der Waals surface area contributed by atoms with E-state index in [0.29, 0.717) is 22.7 Å². The van der Waals surface area contributed by atoms with Crippen LogP contribution in [0.5, 0.6) is 11.5 Å². The van der Waals surface area contributed by atoms with Crippen LogP contribution in [-0.2, 0) is 16.1 Å². The topological polar surface area (TPSA) is 91.4 Å². The van der Waals surface area contributed by atoms with E-state index in [9.17, 15) is 14.4 Å². The fraction of sp³-hybridized carbons (Fsp3) is 0.423. The SMILES string of the molecule is COc1ccc(CNC(=O)CN2C(=O)[C@H]3CCCCN3c3ccc(C(=O)N(C)C)cc32)c(OC)c1. The number of ether oxygens (including phenoxy) is 2. The zero-order valence-corrected chi connectivity index (χ0v) is 20.7. The van der Waals surface area contributed by atoms with E-state index in [1.54, 1.807) is 52.6 Å². The fourth-order valence-electron chi connectivity index (χ4n) is 4.70. The average molecular weight is 481 g/mol. The third-order valence-electron chi connectivity index (χ3n) is 6.55. The molecule has 9 nitrogen and oxygen atoms in total. The standard InChI is InChI=1S/C26H32N4O5/c1-28(2)25(32)17-9-11-20-22(13-17)30(26(33)21-7-5-6-12-29(20)21)16-24(31)27-15-18-8-10-19(34-3)14-23(18)35-4/h8-11,13-14,21H,5-7,12,15-16H2,1-4H3,(H,27,31)/t21-/m1/s1. The van der Waals surface area contributed by atoms with Gasteiger partial charge in [0, 0.05) is 44.4 Å². The molecule has 186 valence electrons. The summed E-state index contributed by atoms with van der Waals surface area (Å²) in [5.74, 6) is 0.706. The Bertz CT molecular complexity index is 1130. The van der Waals surface area contributed by atoms with Gasteiger partial charge in [0.1, 0.15) is 24.1 Å². The van der Waals surface area contributed by atoms with Crippen LogP contribution in [0.2, 0.25) is 0 Å². The molecule has 4 rings (SSSR count). The first-order chi connectivity index (χ1) is 16.8. The van der Waals surface area contributed by atoms with Crippen molar-refractivity contribution >= 4 is 29.1 Å². The molecule has 1 N–H and O–H groups in total. The highest BCUT2D eigenvalue weighted by atomic mass is 16.5. The van der Waals surface area contributed by atoms with Crippen molar-refractivity contribution in [3.63, 3.8) is 0 Å². The van der Waals surface area contributed by atoms with Gasteiger partial charge in [-0.2, -0.15) is 0 Å². The summed E-state index contributed by atoms with van der Waals surface area (Å²) in [4.78, 5) is 44.2. The predicted octanol–water partition coefficient (Wildman–Crippen LogP) is 2.43. The van der Waals surface area contributed by atoms with Crippen LogP contribution in [-0.4, -0.2) is 70.1 Å². The van der Waals surface area contributed by atoms with Gasteiger partial charge in [0.2, 0.25) is 11.8 Å². The number of hydrogen-bond donors (Lipinski definition) is 1. The largest absolute Gasteiger partial charge is 0.497 e. The Hall–Kier alpha value is -3.75. The molecule has 0 bridgehead atoms. The van der Waals surface area contributed by atoms with Crippen LogP contribution in [0.1, 0.15) is 35.2 Å². The van der Waals surface area contributed by atoms with E-state index >= 15 is 0 Å². The van der Waals surface area contributed by atoms with Crippen molar-refractivity contribution in [3.05, 3.63) is 47.5 Å². The minimum Gasteiger partial charge on any atom is -0.497 e. The van der Waals surface area contributed by atoms with Gasteiger partial charge in [-0.15, -0.1) is 0 Å². The van der Waals surface area contributed by atoms with Crippen molar-refractivity contribution in [1.29, 1.82) is 0 Å². The van der Waals surface area contributed by atoms with E-state index in [4.69, 9.17) is 9.47 Å². The van der Waals surface area contributed by atoms with Gasteiger partial charge in [0.15, 0.2) is 0 Å². The molecule has 1 saturated heterocycles. The van der Waals surface area contributed by atoms with Crippen LogP contribution >= 0.6 is 0 Å². The Morgan fingerprint density at radius 3 is 2.57 bits per heavy atom. The lowest BCUT2D eigenvalue weighted by molar-refractivity contribution is -0.125. The predicted molar refractivity (Wildman–Crippen MR) is 133 cm³/mol. The Balaban J connectivity index is 1.57. The highest BCUT2D eigenvalue weighted by molar-refractivity contribution is 6.09. The van der Waals surface area contributed by atoms with Crippen molar-refractivity contribution in [2.75, 3.05) is 51.2 Å². The number of carbonyl (C=O) groups excluding carboxylic acids is 3. The first-order valence-electron chi connectivity index (χ1n) is 11.8. The number of rotatable bonds is 7. The first-order valence-corrected chi connectivity index (χ1v) is 11.8. The van der Waals surface area contributed by atoms with Crippen molar-refractivity contribution in [2.24, 2.45) is 0 Å². The van der Waals surface area contributed by atoms with Gasteiger partial charge in [0.05, 0.1) is 25.6 Å². The second kappa shape index (κ2) is 10.2. The summed E-state index contributed by atoms with van der Waals surface area (Å²) in [7, 11) is 6.51. The average Bonchev–Trinajstić information content (AvgIpc) is 2.88. The normalized spacial score (nSPS) is 16.8. The van der Waals surface area contributed by atoms with Gasteiger partial charge < -0.3 is 24.6 Å². The molecule has 2 heterocycles. The van der Waals surface area contributed by atoms with Crippen LogP contribution < -0.4 is 24.6 Å². The van der Waals surface area contributed by atoms with Crippen LogP contribution in [0.25, 0.3) is 0 Å². The second-order valence-corrected chi connectivity index (χ2v) is 8.99. The number of nitrogens with one attached hydrogen (secondary N) is 1. The molecule has 0 unspecified atom stereocenters. The van der Waals surface area contributed by atoms with E-state index < -0.39 is 0 Å². The van der Waals surface area contributed by atoms with E-state index in [2.05, 4.69) is 10.2 Å². The number of amides is 3. The summed E-state index contributed by atoms with van der Waals surface area (Å²) < 4.78 is 10.6. The number of piperidine rings is 1. The highest BCUT2D eigenvalue weighted by Gasteiger charge is 2.40. The molecular formula is C26H32N4O5. The molecule has 0 saturated carbocycles. The van der Waals surface area contributed by atoms with Gasteiger partial charge >= 0.3 is 0 Å². The van der Waals surface area contributed by atoms with Crippen LogP contribution in [0.3, 0.4) is 0 Å². The molecule has 0 aliphatic carbocycles. The van der Waals surface area contributed by atoms with Gasteiger partial charge in [-0.1, -0.05) is 0 Å². The van der Waals surface area contributed by atoms with E-state index in [0.717, 1.165) is 37.1 Å². The number of benzene rings is 2. The Morgan fingerprint density at radius 2 is 1.86 bits per heavy atom. The highest BCUT2D eigenvalue weighted by Crippen LogP contribution is 2.40. The van der Waals surface area contributed by atoms with Gasteiger partial charge in [-0.05, 0) is 49.6 Å². The number of carbonyl (C=O) groups is 3. The lowest BCUT2D eigenvalue weighted by Crippen LogP contribution is -2.57. The summed E-state index contributed by atoms with van der Waals surface area (Å²) in [6.45, 7) is 0.894. The lowest BCUT2D eigenvalue weighted by atomic mass is 9.95. The molecule has 2 aromatic carbocycles. The fourth-order valence-corrected chi connectivity index (χ4v) is 4.70. The van der Waals surface area contributed by atoms with Crippen molar-refractivity contribution in [2.45, 2.75) is 31.8 Å². The minimum atomic E-state index is -0.296. The Morgan fingerprint density at radius 1 is 1.06 bits per heavy atom. The number of hydrogen-bond acceptors (Lipinski definition) is 6. The summed E-state index contributed by atoms with van der Waals surface area (Å²) in [5, 5.41) is 2.90. The second-order valence-electron chi connectivity index (χ2n) is 8.99. The van der Waals surface area contributed by atoms with Crippen LogP contribution in [0.15, 0.2) is 36.4 Å². The van der Waals surface area contributed by atoms with E-state index in [-0.39, 0.29) is 36.9 Å². The summed E-state index contributed by atoms with van der Waals surface area (Å²) in [6, 6.07) is 10.5. The van der Waals surface area contributed by atoms with Gasteiger partial charge in [-0.25, -0.2) is 0 Å². The summed E-state index contributed by atoms with van der Waals surface area (Å²) in [6.07, 6.45) is 2.72. The molecule has 0 aromatic heterocycles. The zero-order chi connectivity index (χ0) is 25.1. The molecule has 0 radical (unpaired) electrons. The molecule has 35 heavy (non-hydrogen) atoms. The van der Waals surface area contributed by atoms with E-state index in [1.165, 1.54) is 9.80 Å². The molecular weight excluding hydrogens is 448 g/mol. The number of nitrogens with zero attached hydrogens (tertiary/aromatic N) is 3. The molecule has 1 atom stereocenters. The maximum Gasteiger partial charge on any atom is 0.253 e. The quantitative estimate of drug-likeness (QED) is 0.655. The zero-order valence-electron chi connectivity index (χ0n) is 20.7. The third kappa shape index (κ3) is 4.89. The molecule has 9 heteroatoms. The summed E-state index contributed by atoms with van der Waals surface area (Å²) >= 11 is 0. The number of fused-ring (bicyclic) bond motifs is 3. The number of methoxy groups -OCH3 is 2. The third-order valence-corrected chi connectivity index (χ3v) is 6.55. The van der Waals surface area contributed by atoms with Gasteiger partial charge in [0.25, 0.3) is 5.91 Å². The monoisotopic (exact) mass is 480 g/mol. The Labute approximate surface area is 205 Å². The maximum absolute atomic E-state index is 13.5.